The fourth-order valence-electron chi connectivity index (χ4n) is 5.42. The molecule has 1 heterocycles. The van der Waals surface area contributed by atoms with Crippen molar-refractivity contribution in [1.29, 1.82) is 0 Å². The molecule has 1 aliphatic carbocycles. The summed E-state index contributed by atoms with van der Waals surface area (Å²) >= 11 is 1.17. The summed E-state index contributed by atoms with van der Waals surface area (Å²) in [5, 5.41) is 5.54. The van der Waals surface area contributed by atoms with Gasteiger partial charge in [-0.05, 0) is 55.4 Å². The molecule has 12 heteroatoms. The largest absolute Gasteiger partial charge is 0.454 e. The Bertz CT molecular complexity index is 1660. The number of alkyl halides is 3. The molecular weight excluding hydrogens is 601 g/mol. The molecule has 232 valence electrons. The van der Waals surface area contributed by atoms with Crippen LogP contribution in [0.25, 0.3) is 10.2 Å². The van der Waals surface area contributed by atoms with E-state index in [0.29, 0.717) is 21.3 Å². The summed E-state index contributed by atoms with van der Waals surface area (Å²) in [6, 6.07) is 10.3. The molecule has 0 atom stereocenters. The lowest BCUT2D eigenvalue weighted by molar-refractivity contribution is -0.137. The molecule has 6 nitrogen and oxygen atoms in total. The number of carbonyl (C=O) groups excluding carboxylic acids is 2. The molecular formula is C32H30F5N3O3S. The van der Waals surface area contributed by atoms with Crippen molar-refractivity contribution in [1.82, 2.24) is 4.98 Å². The van der Waals surface area contributed by atoms with Crippen molar-refractivity contribution < 1.29 is 36.3 Å². The molecule has 4 aromatic rings. The number of amides is 2. The second kappa shape index (κ2) is 13.3. The Labute approximate surface area is 254 Å². The summed E-state index contributed by atoms with van der Waals surface area (Å²) in [4.78, 5) is 29.7. The zero-order chi connectivity index (χ0) is 31.4. The van der Waals surface area contributed by atoms with E-state index in [9.17, 15) is 31.5 Å². The molecule has 1 aromatic heterocycles. The van der Waals surface area contributed by atoms with Crippen LogP contribution < -0.4 is 15.4 Å². The first-order chi connectivity index (χ1) is 21.0. The number of aromatic nitrogens is 1. The second-order valence-electron chi connectivity index (χ2n) is 10.9. The standard InChI is InChI=1S/C32H30F5N3O3S/c1-2-4-18-7-9-20(10-8-18)30(42)40-31-39-26-16-24(34)27(17-28(26)44-31)43-22-11-12-23(33)25(15-22)38-29(41)14-19-5-3-6-21(13-19)32(35,36)37/h3,5-6,11-13,15-18,20H,2,4,7-10,14H2,1H3,(H,38,41)(H,39,40,42). The van der Waals surface area contributed by atoms with Crippen LogP contribution in [0.5, 0.6) is 11.5 Å². The molecule has 44 heavy (non-hydrogen) atoms. The van der Waals surface area contributed by atoms with Crippen LogP contribution in [0, 0.1) is 23.5 Å². The molecule has 0 saturated heterocycles. The van der Waals surface area contributed by atoms with E-state index in [2.05, 4.69) is 22.5 Å². The molecule has 1 saturated carbocycles. The lowest BCUT2D eigenvalue weighted by Crippen LogP contribution is -2.27. The van der Waals surface area contributed by atoms with Gasteiger partial charge in [-0.3, -0.25) is 9.59 Å². The smallest absolute Gasteiger partial charge is 0.416 e. The Morgan fingerprint density at radius 3 is 2.48 bits per heavy atom. The third-order valence-electron chi connectivity index (χ3n) is 7.65. The summed E-state index contributed by atoms with van der Waals surface area (Å²) in [5.41, 5.74) is -0.751. The highest BCUT2D eigenvalue weighted by atomic mass is 32.1. The topological polar surface area (TPSA) is 80.3 Å². The number of rotatable bonds is 9. The molecule has 0 radical (unpaired) electrons. The maximum atomic E-state index is 14.9. The van der Waals surface area contributed by atoms with E-state index in [0.717, 1.165) is 56.4 Å². The fraction of sp³-hybridized carbons (Fsp3) is 0.344. The van der Waals surface area contributed by atoms with Crippen molar-refractivity contribution in [3.05, 3.63) is 77.4 Å². The number of hydrogen-bond acceptors (Lipinski definition) is 5. The highest BCUT2D eigenvalue weighted by Crippen LogP contribution is 2.36. The molecule has 0 aliphatic heterocycles. The van der Waals surface area contributed by atoms with Crippen molar-refractivity contribution in [3.8, 4) is 11.5 Å². The van der Waals surface area contributed by atoms with Gasteiger partial charge in [-0.15, -0.1) is 0 Å². The number of thiazole rings is 1. The number of nitrogens with one attached hydrogen (secondary N) is 2. The highest BCUT2D eigenvalue weighted by molar-refractivity contribution is 7.22. The van der Waals surface area contributed by atoms with Crippen LogP contribution in [-0.4, -0.2) is 16.8 Å². The van der Waals surface area contributed by atoms with E-state index in [1.54, 1.807) is 0 Å². The van der Waals surface area contributed by atoms with Crippen LogP contribution in [0.15, 0.2) is 54.6 Å². The van der Waals surface area contributed by atoms with Gasteiger partial charge in [0.05, 0.1) is 27.9 Å². The first kappa shape index (κ1) is 31.4. The molecule has 2 amide bonds. The number of anilines is 2. The molecule has 0 unspecified atom stereocenters. The van der Waals surface area contributed by atoms with Crippen LogP contribution in [0.4, 0.5) is 32.8 Å². The van der Waals surface area contributed by atoms with E-state index in [4.69, 9.17) is 4.74 Å². The number of nitrogens with zero attached hydrogens (tertiary/aromatic N) is 1. The van der Waals surface area contributed by atoms with E-state index in [-0.39, 0.29) is 34.6 Å². The number of fused-ring (bicyclic) bond motifs is 1. The maximum absolute atomic E-state index is 14.9. The van der Waals surface area contributed by atoms with Crippen LogP contribution >= 0.6 is 11.3 Å². The normalized spacial score (nSPS) is 17.0. The zero-order valence-electron chi connectivity index (χ0n) is 23.8. The van der Waals surface area contributed by atoms with Gasteiger partial charge in [-0.2, -0.15) is 13.2 Å². The lowest BCUT2D eigenvalue weighted by Gasteiger charge is -2.27. The summed E-state index contributed by atoms with van der Waals surface area (Å²) in [6.07, 6.45) is 1.05. The Kier molecular flexibility index (Phi) is 9.48. The van der Waals surface area contributed by atoms with Crippen molar-refractivity contribution >= 4 is 44.2 Å². The summed E-state index contributed by atoms with van der Waals surface area (Å²) in [5.74, 6) is -1.97. The minimum Gasteiger partial charge on any atom is -0.454 e. The number of halogens is 5. The van der Waals surface area contributed by atoms with Crippen LogP contribution in [0.3, 0.4) is 0 Å². The van der Waals surface area contributed by atoms with Gasteiger partial charge in [0.1, 0.15) is 11.6 Å². The average Bonchev–Trinajstić information content (AvgIpc) is 3.35. The molecule has 2 N–H and O–H groups in total. The molecule has 0 spiro atoms. The first-order valence-electron chi connectivity index (χ1n) is 14.3. The molecule has 3 aromatic carbocycles. The van der Waals surface area contributed by atoms with Gasteiger partial charge in [-0.25, -0.2) is 13.8 Å². The van der Waals surface area contributed by atoms with Gasteiger partial charge in [0.25, 0.3) is 0 Å². The minimum atomic E-state index is -4.57. The van der Waals surface area contributed by atoms with Gasteiger partial charge >= 0.3 is 6.18 Å². The Morgan fingerprint density at radius 2 is 1.75 bits per heavy atom. The second-order valence-corrected chi connectivity index (χ2v) is 12.0. The van der Waals surface area contributed by atoms with Crippen LogP contribution in [0.2, 0.25) is 0 Å². The number of ether oxygens (including phenoxy) is 1. The van der Waals surface area contributed by atoms with E-state index < -0.39 is 35.7 Å². The van der Waals surface area contributed by atoms with Gasteiger partial charge in [0, 0.05) is 24.1 Å². The molecule has 1 fully saturated rings. The van der Waals surface area contributed by atoms with Gasteiger partial charge < -0.3 is 15.4 Å². The lowest BCUT2D eigenvalue weighted by atomic mass is 9.80. The minimum absolute atomic E-state index is 0.00994. The van der Waals surface area contributed by atoms with Gasteiger partial charge in [0.2, 0.25) is 11.8 Å². The summed E-state index contributed by atoms with van der Waals surface area (Å²) in [7, 11) is 0. The van der Waals surface area contributed by atoms with Gasteiger partial charge in [0.15, 0.2) is 16.7 Å². The predicted octanol–water partition coefficient (Wildman–Crippen LogP) is 9.11. The number of hydrogen-bond donors (Lipinski definition) is 2. The van der Waals surface area contributed by atoms with E-state index in [1.807, 2.05) is 0 Å². The third kappa shape index (κ3) is 7.71. The SMILES string of the molecule is CCCC1CCC(C(=O)Nc2nc3cc(F)c(Oc4ccc(F)c(NC(=O)Cc5cccc(C(F)(F)F)c5)c4)cc3s2)CC1. The van der Waals surface area contributed by atoms with Gasteiger partial charge in [-0.1, -0.05) is 49.3 Å². The van der Waals surface area contributed by atoms with E-state index >= 15 is 0 Å². The maximum Gasteiger partial charge on any atom is 0.416 e. The molecule has 5 rings (SSSR count). The number of benzene rings is 3. The summed E-state index contributed by atoms with van der Waals surface area (Å²) in [6.45, 7) is 2.17. The zero-order valence-corrected chi connectivity index (χ0v) is 24.6. The first-order valence-corrected chi connectivity index (χ1v) is 15.1. The predicted molar refractivity (Wildman–Crippen MR) is 159 cm³/mol. The van der Waals surface area contributed by atoms with Crippen molar-refractivity contribution in [2.24, 2.45) is 11.8 Å². The summed E-state index contributed by atoms with van der Waals surface area (Å²) < 4.78 is 74.6. The van der Waals surface area contributed by atoms with Crippen LogP contribution in [-0.2, 0) is 22.2 Å². The fourth-order valence-corrected chi connectivity index (χ4v) is 6.30. The van der Waals surface area contributed by atoms with Crippen molar-refractivity contribution in [2.75, 3.05) is 10.6 Å². The highest BCUT2D eigenvalue weighted by Gasteiger charge is 2.30. The van der Waals surface area contributed by atoms with Crippen molar-refractivity contribution in [2.45, 2.75) is 58.0 Å². The quantitative estimate of drug-likeness (QED) is 0.181. The van der Waals surface area contributed by atoms with Crippen molar-refractivity contribution in [3.63, 3.8) is 0 Å². The van der Waals surface area contributed by atoms with E-state index in [1.165, 1.54) is 48.1 Å². The molecule has 0 bridgehead atoms. The van der Waals surface area contributed by atoms with Crippen LogP contribution in [0.1, 0.15) is 56.6 Å². The Balaban J connectivity index is 1.24. The molecule has 1 aliphatic rings. The third-order valence-corrected chi connectivity index (χ3v) is 8.58. The monoisotopic (exact) mass is 631 g/mol. The Hall–Kier alpha value is -4.06. The Morgan fingerprint density at radius 1 is 0.977 bits per heavy atom. The average molecular weight is 632 g/mol. The number of carbonyl (C=O) groups is 2.